The van der Waals surface area contributed by atoms with Crippen molar-refractivity contribution in [3.8, 4) is 6.07 Å². The molecule has 84 valence electrons. The molecule has 1 aromatic carbocycles. The van der Waals surface area contributed by atoms with Gasteiger partial charge in [0, 0.05) is 0 Å². The molecule has 0 radical (unpaired) electrons. The quantitative estimate of drug-likeness (QED) is 0.820. The second kappa shape index (κ2) is 5.53. The van der Waals surface area contributed by atoms with Crippen molar-refractivity contribution in [3.63, 3.8) is 0 Å². The summed E-state index contributed by atoms with van der Waals surface area (Å²) in [6, 6.07) is 9.03. The van der Waals surface area contributed by atoms with Gasteiger partial charge >= 0.3 is 0 Å². The predicted molar refractivity (Wildman–Crippen MR) is 63.0 cm³/mol. The normalized spacial score (nSPS) is 13.6. The van der Waals surface area contributed by atoms with Gasteiger partial charge in [0.25, 0.3) is 0 Å². The van der Waals surface area contributed by atoms with Gasteiger partial charge in [-0.05, 0) is 31.5 Å². The first-order valence-corrected chi connectivity index (χ1v) is 5.42. The lowest BCUT2D eigenvalue weighted by molar-refractivity contribution is -0.121. The van der Waals surface area contributed by atoms with Gasteiger partial charge in [0.1, 0.15) is 5.38 Å². The van der Waals surface area contributed by atoms with Crippen LogP contribution in [0.15, 0.2) is 24.3 Å². The van der Waals surface area contributed by atoms with Gasteiger partial charge < -0.3 is 5.32 Å². The minimum Gasteiger partial charge on any atom is -0.348 e. The molecular formula is C12H13ClN2O. The summed E-state index contributed by atoms with van der Waals surface area (Å²) in [6.07, 6.45) is 0. The number of carbonyl (C=O) groups is 1. The summed E-state index contributed by atoms with van der Waals surface area (Å²) in [7, 11) is 0. The molecule has 0 saturated carbocycles. The Kier molecular flexibility index (Phi) is 4.33. The van der Waals surface area contributed by atoms with Gasteiger partial charge in [-0.2, -0.15) is 5.26 Å². The fourth-order valence-corrected chi connectivity index (χ4v) is 1.32. The average molecular weight is 237 g/mol. The standard InChI is InChI=1S/C12H13ClN2O/c1-8(13)12(16)15-9(2)11-5-3-10(7-14)4-6-11/h3-6,8-9H,1-2H3,(H,15,16). The Balaban J connectivity index is 2.70. The predicted octanol–water partition coefficient (Wildman–Crippen LogP) is 2.36. The molecule has 0 bridgehead atoms. The molecule has 0 aliphatic heterocycles. The number of hydrogen-bond acceptors (Lipinski definition) is 2. The zero-order chi connectivity index (χ0) is 12.1. The molecule has 0 fully saturated rings. The number of nitriles is 1. The number of amides is 1. The van der Waals surface area contributed by atoms with Crippen LogP contribution in [0.4, 0.5) is 0 Å². The molecule has 1 amide bonds. The Morgan fingerprint density at radius 3 is 2.38 bits per heavy atom. The van der Waals surface area contributed by atoms with Crippen LogP contribution in [0, 0.1) is 11.3 Å². The molecule has 1 N–H and O–H groups in total. The molecule has 2 atom stereocenters. The number of alkyl halides is 1. The number of rotatable bonds is 3. The third kappa shape index (κ3) is 3.25. The molecule has 1 aromatic rings. The van der Waals surface area contributed by atoms with Crippen molar-refractivity contribution in [2.45, 2.75) is 25.3 Å². The highest BCUT2D eigenvalue weighted by atomic mass is 35.5. The van der Waals surface area contributed by atoms with Crippen LogP contribution in [0.3, 0.4) is 0 Å². The van der Waals surface area contributed by atoms with Gasteiger partial charge in [0.15, 0.2) is 0 Å². The minimum atomic E-state index is -0.541. The van der Waals surface area contributed by atoms with E-state index in [2.05, 4.69) is 5.32 Å². The molecule has 1 rings (SSSR count). The van der Waals surface area contributed by atoms with E-state index in [4.69, 9.17) is 16.9 Å². The molecule has 3 nitrogen and oxygen atoms in total. The maximum Gasteiger partial charge on any atom is 0.238 e. The van der Waals surface area contributed by atoms with Crippen molar-refractivity contribution in [2.75, 3.05) is 0 Å². The van der Waals surface area contributed by atoms with E-state index in [-0.39, 0.29) is 11.9 Å². The van der Waals surface area contributed by atoms with Gasteiger partial charge in [-0.3, -0.25) is 4.79 Å². The number of nitrogens with zero attached hydrogens (tertiary/aromatic N) is 1. The molecular weight excluding hydrogens is 224 g/mol. The van der Waals surface area contributed by atoms with Crippen LogP contribution in [-0.2, 0) is 4.79 Å². The highest BCUT2D eigenvalue weighted by Crippen LogP contribution is 2.13. The summed E-state index contributed by atoms with van der Waals surface area (Å²) in [5.74, 6) is -0.196. The van der Waals surface area contributed by atoms with E-state index in [0.29, 0.717) is 5.56 Å². The smallest absolute Gasteiger partial charge is 0.238 e. The molecule has 4 heteroatoms. The van der Waals surface area contributed by atoms with E-state index < -0.39 is 5.38 Å². The summed E-state index contributed by atoms with van der Waals surface area (Å²) in [4.78, 5) is 11.4. The average Bonchev–Trinajstić information content (AvgIpc) is 2.28. The third-order valence-corrected chi connectivity index (χ3v) is 2.46. The first-order valence-electron chi connectivity index (χ1n) is 4.99. The molecule has 2 unspecified atom stereocenters. The largest absolute Gasteiger partial charge is 0.348 e. The van der Waals surface area contributed by atoms with Crippen LogP contribution < -0.4 is 5.32 Å². The molecule has 16 heavy (non-hydrogen) atoms. The lowest BCUT2D eigenvalue weighted by Crippen LogP contribution is -2.31. The minimum absolute atomic E-state index is 0.110. The lowest BCUT2D eigenvalue weighted by atomic mass is 10.1. The zero-order valence-corrected chi connectivity index (χ0v) is 9.95. The van der Waals surface area contributed by atoms with Crippen LogP contribution in [0.2, 0.25) is 0 Å². The lowest BCUT2D eigenvalue weighted by Gasteiger charge is -2.15. The first-order chi connectivity index (χ1) is 7.54. The second-order valence-corrected chi connectivity index (χ2v) is 4.23. The van der Waals surface area contributed by atoms with Crippen molar-refractivity contribution < 1.29 is 4.79 Å². The second-order valence-electron chi connectivity index (χ2n) is 3.58. The number of halogens is 1. The van der Waals surface area contributed by atoms with Gasteiger partial charge in [-0.15, -0.1) is 11.6 Å². The molecule has 0 heterocycles. The van der Waals surface area contributed by atoms with Crippen LogP contribution in [0.1, 0.15) is 31.0 Å². The Morgan fingerprint density at radius 1 is 1.38 bits per heavy atom. The Morgan fingerprint density at radius 2 is 1.94 bits per heavy atom. The van der Waals surface area contributed by atoms with E-state index in [9.17, 15) is 4.79 Å². The van der Waals surface area contributed by atoms with Crippen molar-refractivity contribution >= 4 is 17.5 Å². The highest BCUT2D eigenvalue weighted by Gasteiger charge is 2.13. The summed E-state index contributed by atoms with van der Waals surface area (Å²) < 4.78 is 0. The molecule has 0 aliphatic carbocycles. The number of nitrogens with one attached hydrogen (secondary N) is 1. The summed E-state index contributed by atoms with van der Waals surface area (Å²) in [5, 5.41) is 10.9. The maximum absolute atomic E-state index is 11.4. The van der Waals surface area contributed by atoms with Crippen molar-refractivity contribution in [3.05, 3.63) is 35.4 Å². The molecule has 0 spiro atoms. The highest BCUT2D eigenvalue weighted by molar-refractivity contribution is 6.30. The van der Waals surface area contributed by atoms with Crippen LogP contribution in [0.25, 0.3) is 0 Å². The van der Waals surface area contributed by atoms with Crippen LogP contribution in [0.5, 0.6) is 0 Å². The van der Waals surface area contributed by atoms with Gasteiger partial charge in [-0.1, -0.05) is 12.1 Å². The van der Waals surface area contributed by atoms with Crippen LogP contribution >= 0.6 is 11.6 Å². The summed E-state index contributed by atoms with van der Waals surface area (Å²) >= 11 is 5.65. The van der Waals surface area contributed by atoms with Gasteiger partial charge in [0.2, 0.25) is 5.91 Å². The Hall–Kier alpha value is -1.53. The van der Waals surface area contributed by atoms with Gasteiger partial charge in [0.05, 0.1) is 17.7 Å². The third-order valence-electron chi connectivity index (χ3n) is 2.26. The number of benzene rings is 1. The van der Waals surface area contributed by atoms with E-state index >= 15 is 0 Å². The van der Waals surface area contributed by atoms with Crippen molar-refractivity contribution in [2.24, 2.45) is 0 Å². The van der Waals surface area contributed by atoms with E-state index in [1.54, 1.807) is 19.1 Å². The number of hydrogen-bond donors (Lipinski definition) is 1. The summed E-state index contributed by atoms with van der Waals surface area (Å²) in [6.45, 7) is 3.50. The fourth-order valence-electron chi connectivity index (χ4n) is 1.26. The molecule has 0 aliphatic rings. The Labute approximate surface area is 100 Å². The Bertz CT molecular complexity index is 406. The van der Waals surface area contributed by atoms with Gasteiger partial charge in [-0.25, -0.2) is 0 Å². The van der Waals surface area contributed by atoms with Crippen molar-refractivity contribution in [1.82, 2.24) is 5.32 Å². The summed E-state index contributed by atoms with van der Waals surface area (Å²) in [5.41, 5.74) is 1.55. The van der Waals surface area contributed by atoms with E-state index in [0.717, 1.165) is 5.56 Å². The monoisotopic (exact) mass is 236 g/mol. The topological polar surface area (TPSA) is 52.9 Å². The SMILES string of the molecule is CC(Cl)C(=O)NC(C)c1ccc(C#N)cc1. The zero-order valence-electron chi connectivity index (χ0n) is 9.20. The van der Waals surface area contributed by atoms with Crippen molar-refractivity contribution in [1.29, 1.82) is 5.26 Å². The van der Waals surface area contributed by atoms with Crippen LogP contribution in [-0.4, -0.2) is 11.3 Å². The maximum atomic E-state index is 11.4. The van der Waals surface area contributed by atoms with E-state index in [1.807, 2.05) is 25.1 Å². The first kappa shape index (κ1) is 12.5. The molecule has 0 saturated heterocycles. The fraction of sp³-hybridized carbons (Fsp3) is 0.333. The number of carbonyl (C=O) groups excluding carboxylic acids is 1. The molecule has 0 aromatic heterocycles. The van der Waals surface area contributed by atoms with E-state index in [1.165, 1.54) is 0 Å².